The molecule has 1 N–H and O–H groups in total. The molecule has 0 fully saturated rings. The first-order valence-corrected chi connectivity index (χ1v) is 7.88. The van der Waals surface area contributed by atoms with Gasteiger partial charge in [-0.05, 0) is 56.6 Å². The van der Waals surface area contributed by atoms with Gasteiger partial charge in [0.15, 0.2) is 0 Å². The zero-order valence-electron chi connectivity index (χ0n) is 13.2. The van der Waals surface area contributed by atoms with Crippen molar-refractivity contribution in [2.45, 2.75) is 6.10 Å². The molecule has 2 rings (SSSR count). The summed E-state index contributed by atoms with van der Waals surface area (Å²) in [4.78, 5) is 13.0. The molecule has 0 aliphatic rings. The number of hydrogen-bond acceptors (Lipinski definition) is 4. The normalized spacial score (nSPS) is 12.0. The predicted molar refractivity (Wildman–Crippen MR) is 93.6 cm³/mol. The average Bonchev–Trinajstić information content (AvgIpc) is 2.50. The van der Waals surface area contributed by atoms with E-state index in [0.717, 1.165) is 0 Å². The fourth-order valence-electron chi connectivity index (χ4n) is 1.93. The number of ether oxygens (including phenoxy) is 2. The molecule has 1 atom stereocenters. The van der Waals surface area contributed by atoms with Crippen LogP contribution in [0.15, 0.2) is 42.5 Å². The minimum absolute atomic E-state index is 0.272. The Morgan fingerprint density at radius 2 is 1.75 bits per heavy atom. The lowest BCUT2D eigenvalue weighted by Gasteiger charge is -2.19. The van der Waals surface area contributed by atoms with Gasteiger partial charge in [0.1, 0.15) is 17.2 Å². The number of carboxylic acid groups (broad SMARTS) is 1. The van der Waals surface area contributed by atoms with Crippen LogP contribution in [0, 0.1) is 0 Å². The van der Waals surface area contributed by atoms with Crippen LogP contribution in [0.2, 0.25) is 10.0 Å². The van der Waals surface area contributed by atoms with Gasteiger partial charge in [0.2, 0.25) is 6.10 Å². The topological polar surface area (TPSA) is 59.0 Å². The van der Waals surface area contributed by atoms with Crippen LogP contribution in [0.3, 0.4) is 0 Å². The smallest absolute Gasteiger partial charge is 0.346 e. The third-order valence-electron chi connectivity index (χ3n) is 3.03. The molecule has 2 aromatic carbocycles. The first-order chi connectivity index (χ1) is 11.3. The van der Waals surface area contributed by atoms with E-state index in [-0.39, 0.29) is 6.54 Å². The summed E-state index contributed by atoms with van der Waals surface area (Å²) in [5.41, 5.74) is 0. The molecule has 0 amide bonds. The molecular formula is C17H17Cl2NO4. The number of halogens is 2. The van der Waals surface area contributed by atoms with Crippen molar-refractivity contribution in [1.29, 1.82) is 0 Å². The highest BCUT2D eigenvalue weighted by atomic mass is 35.5. The predicted octanol–water partition coefficient (Wildman–Crippen LogP) is 4.18. The van der Waals surface area contributed by atoms with Gasteiger partial charge in [-0.15, -0.1) is 0 Å². The van der Waals surface area contributed by atoms with Crippen molar-refractivity contribution < 1.29 is 19.4 Å². The maximum absolute atomic E-state index is 11.2. The molecule has 5 nitrogen and oxygen atoms in total. The Bertz CT molecular complexity index is 704. The molecule has 2 aromatic rings. The molecular weight excluding hydrogens is 353 g/mol. The number of likely N-dealkylation sites (N-methyl/N-ethyl adjacent to an activating group) is 1. The van der Waals surface area contributed by atoms with Crippen LogP contribution in [0.4, 0.5) is 0 Å². The molecule has 128 valence electrons. The van der Waals surface area contributed by atoms with E-state index in [0.29, 0.717) is 27.3 Å². The van der Waals surface area contributed by atoms with Crippen molar-refractivity contribution in [1.82, 2.24) is 4.90 Å². The molecule has 0 spiro atoms. The van der Waals surface area contributed by atoms with Crippen LogP contribution in [0.5, 0.6) is 17.2 Å². The van der Waals surface area contributed by atoms with Crippen LogP contribution in [-0.4, -0.2) is 42.7 Å². The lowest BCUT2D eigenvalue weighted by molar-refractivity contribution is -0.145. The molecule has 0 aliphatic heterocycles. The highest BCUT2D eigenvalue weighted by Gasteiger charge is 2.20. The minimum Gasteiger partial charge on any atom is -0.478 e. The van der Waals surface area contributed by atoms with E-state index in [1.165, 1.54) is 0 Å². The minimum atomic E-state index is -1.02. The summed E-state index contributed by atoms with van der Waals surface area (Å²) >= 11 is 11.9. The van der Waals surface area contributed by atoms with E-state index in [1.807, 2.05) is 0 Å². The second-order valence-corrected chi connectivity index (χ2v) is 6.20. The summed E-state index contributed by atoms with van der Waals surface area (Å²) in [6.45, 7) is 0.272. The van der Waals surface area contributed by atoms with E-state index in [9.17, 15) is 9.90 Å². The molecule has 24 heavy (non-hydrogen) atoms. The SMILES string of the molecule is CN(C)CC(Oc1ccc(Oc2ccc(Cl)cc2Cl)cc1)C(=O)O. The Labute approximate surface area is 150 Å². The molecule has 1 unspecified atom stereocenters. The van der Waals surface area contributed by atoms with Gasteiger partial charge < -0.3 is 19.5 Å². The van der Waals surface area contributed by atoms with Crippen LogP contribution in [0.1, 0.15) is 0 Å². The molecule has 7 heteroatoms. The zero-order chi connectivity index (χ0) is 17.7. The quantitative estimate of drug-likeness (QED) is 0.793. The Morgan fingerprint density at radius 3 is 2.29 bits per heavy atom. The van der Waals surface area contributed by atoms with Crippen molar-refractivity contribution in [3.63, 3.8) is 0 Å². The molecule has 0 aromatic heterocycles. The molecule has 0 bridgehead atoms. The number of aliphatic carboxylic acids is 1. The summed E-state index contributed by atoms with van der Waals surface area (Å²) in [5.74, 6) is 0.451. The number of hydrogen-bond donors (Lipinski definition) is 1. The van der Waals surface area contributed by atoms with Crippen molar-refractivity contribution >= 4 is 29.2 Å². The Morgan fingerprint density at radius 1 is 1.12 bits per heavy atom. The van der Waals surface area contributed by atoms with E-state index >= 15 is 0 Å². The van der Waals surface area contributed by atoms with Gasteiger partial charge in [0.25, 0.3) is 0 Å². The highest BCUT2D eigenvalue weighted by molar-refractivity contribution is 6.35. The highest BCUT2D eigenvalue weighted by Crippen LogP contribution is 2.32. The number of carbonyl (C=O) groups is 1. The van der Waals surface area contributed by atoms with Gasteiger partial charge in [0, 0.05) is 11.6 Å². The third-order valence-corrected chi connectivity index (χ3v) is 3.56. The standard InChI is InChI=1S/C17H17Cl2NO4/c1-20(2)10-16(17(21)22)24-13-6-4-12(5-7-13)23-15-8-3-11(18)9-14(15)19/h3-9,16H,10H2,1-2H3,(H,21,22). The number of nitrogens with zero attached hydrogens (tertiary/aromatic N) is 1. The van der Waals surface area contributed by atoms with Gasteiger partial charge >= 0.3 is 5.97 Å². The lowest BCUT2D eigenvalue weighted by Crippen LogP contribution is -2.37. The summed E-state index contributed by atoms with van der Waals surface area (Å²) in [7, 11) is 3.57. The first-order valence-electron chi connectivity index (χ1n) is 7.12. The van der Waals surface area contributed by atoms with Gasteiger partial charge in [-0.3, -0.25) is 0 Å². The van der Waals surface area contributed by atoms with E-state index in [4.69, 9.17) is 32.7 Å². The molecule has 0 heterocycles. The Balaban J connectivity index is 2.05. The maximum Gasteiger partial charge on any atom is 0.346 e. The fourth-order valence-corrected chi connectivity index (χ4v) is 2.38. The zero-order valence-corrected chi connectivity index (χ0v) is 14.7. The molecule has 0 saturated carbocycles. The second-order valence-electron chi connectivity index (χ2n) is 5.36. The largest absolute Gasteiger partial charge is 0.478 e. The van der Waals surface area contributed by atoms with Crippen molar-refractivity contribution in [3.8, 4) is 17.2 Å². The van der Waals surface area contributed by atoms with Crippen LogP contribution >= 0.6 is 23.2 Å². The van der Waals surface area contributed by atoms with Crippen molar-refractivity contribution in [2.75, 3.05) is 20.6 Å². The summed E-state index contributed by atoms with van der Waals surface area (Å²) in [6, 6.07) is 11.6. The van der Waals surface area contributed by atoms with Gasteiger partial charge in [-0.2, -0.15) is 0 Å². The van der Waals surface area contributed by atoms with Crippen molar-refractivity contribution in [3.05, 3.63) is 52.5 Å². The number of benzene rings is 2. The van der Waals surface area contributed by atoms with Crippen molar-refractivity contribution in [2.24, 2.45) is 0 Å². The summed E-state index contributed by atoms with van der Waals surface area (Å²) in [6.07, 6.45) is -0.947. The van der Waals surface area contributed by atoms with Crippen LogP contribution in [0.25, 0.3) is 0 Å². The lowest BCUT2D eigenvalue weighted by atomic mass is 10.3. The van der Waals surface area contributed by atoms with E-state index < -0.39 is 12.1 Å². The summed E-state index contributed by atoms with van der Waals surface area (Å²) < 4.78 is 11.2. The third kappa shape index (κ3) is 5.30. The van der Waals surface area contributed by atoms with Crippen LogP contribution in [-0.2, 0) is 4.79 Å². The van der Waals surface area contributed by atoms with Gasteiger partial charge in [-0.1, -0.05) is 23.2 Å². The number of carboxylic acids is 1. The number of rotatable bonds is 7. The van der Waals surface area contributed by atoms with E-state index in [2.05, 4.69) is 0 Å². The Kier molecular flexibility index (Phi) is 6.31. The molecule has 0 saturated heterocycles. The second kappa shape index (κ2) is 8.24. The maximum atomic E-state index is 11.2. The Hall–Kier alpha value is -1.95. The van der Waals surface area contributed by atoms with Crippen LogP contribution < -0.4 is 9.47 Å². The molecule has 0 radical (unpaired) electrons. The monoisotopic (exact) mass is 369 g/mol. The average molecular weight is 370 g/mol. The van der Waals surface area contributed by atoms with Gasteiger partial charge in [0.05, 0.1) is 5.02 Å². The van der Waals surface area contributed by atoms with E-state index in [1.54, 1.807) is 61.5 Å². The summed E-state index contributed by atoms with van der Waals surface area (Å²) in [5, 5.41) is 10.1. The van der Waals surface area contributed by atoms with Gasteiger partial charge in [-0.25, -0.2) is 4.79 Å². The fraction of sp³-hybridized carbons (Fsp3) is 0.235. The molecule has 0 aliphatic carbocycles. The first kappa shape index (κ1) is 18.4.